The van der Waals surface area contributed by atoms with Gasteiger partial charge >= 0.3 is 0 Å². The zero-order valence-electron chi connectivity index (χ0n) is 31.7. The van der Waals surface area contributed by atoms with Crippen LogP contribution in [0.15, 0.2) is 212 Å². The van der Waals surface area contributed by atoms with E-state index in [1.807, 2.05) is 0 Å². The van der Waals surface area contributed by atoms with Crippen molar-refractivity contribution in [3.8, 4) is 55.6 Å². The first-order valence-corrected chi connectivity index (χ1v) is 19.5. The van der Waals surface area contributed by atoms with Crippen molar-refractivity contribution in [2.45, 2.75) is 19.3 Å². The van der Waals surface area contributed by atoms with Gasteiger partial charge in [-0.15, -0.1) is 0 Å². The van der Waals surface area contributed by atoms with Gasteiger partial charge in [0, 0.05) is 22.4 Å². The summed E-state index contributed by atoms with van der Waals surface area (Å²) < 4.78 is 0. The number of hydrogen-bond donors (Lipinski definition) is 0. The maximum Gasteiger partial charge on any atom is 0.0540 e. The standard InChI is InChI=1S/C55H41N/c1-55(2)52-27-10-8-25-50(52)51-34-33-46(37-53(51)55)56(45-22-13-19-42(36-45)40-31-29-39(30-32-40)38-15-4-3-5-16-38)54-28-11-9-24-49(54)44-21-12-20-43(35-44)48-26-14-18-41-17-6-7-23-47(41)48/h3-37H,1-2H3. The molecule has 0 fully saturated rings. The van der Waals surface area contributed by atoms with Crippen LogP contribution >= 0.6 is 0 Å². The van der Waals surface area contributed by atoms with Gasteiger partial charge in [0.25, 0.3) is 0 Å². The minimum atomic E-state index is -0.123. The molecule has 0 aromatic heterocycles. The average molecular weight is 716 g/mol. The summed E-state index contributed by atoms with van der Waals surface area (Å²) in [6, 6.07) is 77.6. The Morgan fingerprint density at radius 3 is 1.70 bits per heavy atom. The lowest BCUT2D eigenvalue weighted by molar-refractivity contribution is 0.660. The van der Waals surface area contributed by atoms with E-state index < -0.39 is 0 Å². The van der Waals surface area contributed by atoms with Crippen molar-refractivity contribution < 1.29 is 0 Å². The minimum absolute atomic E-state index is 0.123. The molecule has 0 aliphatic heterocycles. The molecule has 1 aliphatic carbocycles. The van der Waals surface area contributed by atoms with Gasteiger partial charge in [-0.2, -0.15) is 0 Å². The first kappa shape index (κ1) is 33.6. The Morgan fingerprint density at radius 2 is 0.857 bits per heavy atom. The molecule has 266 valence electrons. The number of nitrogens with zero attached hydrogens (tertiary/aromatic N) is 1. The number of hydrogen-bond acceptors (Lipinski definition) is 1. The predicted molar refractivity (Wildman–Crippen MR) is 238 cm³/mol. The fraction of sp³-hybridized carbons (Fsp3) is 0.0545. The van der Waals surface area contributed by atoms with Crippen molar-refractivity contribution in [1.29, 1.82) is 0 Å². The molecule has 0 radical (unpaired) electrons. The summed E-state index contributed by atoms with van der Waals surface area (Å²) in [7, 11) is 0. The van der Waals surface area contributed by atoms with Crippen molar-refractivity contribution in [3.63, 3.8) is 0 Å². The molecule has 0 bridgehead atoms. The second-order valence-corrected chi connectivity index (χ2v) is 15.4. The summed E-state index contributed by atoms with van der Waals surface area (Å²) in [5, 5.41) is 2.51. The van der Waals surface area contributed by atoms with E-state index in [2.05, 4.69) is 231 Å². The van der Waals surface area contributed by atoms with Crippen LogP contribution in [-0.4, -0.2) is 0 Å². The van der Waals surface area contributed by atoms with Gasteiger partial charge in [-0.25, -0.2) is 0 Å². The fourth-order valence-corrected chi connectivity index (χ4v) is 8.81. The number of fused-ring (bicyclic) bond motifs is 4. The van der Waals surface area contributed by atoms with Crippen molar-refractivity contribution in [3.05, 3.63) is 223 Å². The predicted octanol–water partition coefficient (Wildman–Crippen LogP) is 15.3. The molecule has 10 rings (SSSR count). The van der Waals surface area contributed by atoms with Crippen molar-refractivity contribution in [2.24, 2.45) is 0 Å². The Balaban J connectivity index is 1.13. The summed E-state index contributed by atoms with van der Waals surface area (Å²) in [6.07, 6.45) is 0. The monoisotopic (exact) mass is 715 g/mol. The third kappa shape index (κ3) is 5.81. The number of anilines is 3. The molecule has 1 aliphatic rings. The molecule has 1 heteroatoms. The van der Waals surface area contributed by atoms with Gasteiger partial charge in [0.05, 0.1) is 5.69 Å². The Hall–Kier alpha value is -6.96. The quantitative estimate of drug-likeness (QED) is 0.159. The fourth-order valence-electron chi connectivity index (χ4n) is 8.81. The summed E-state index contributed by atoms with van der Waals surface area (Å²) in [4.78, 5) is 2.46. The molecular formula is C55H41N. The molecule has 9 aromatic carbocycles. The first-order chi connectivity index (χ1) is 27.5. The molecule has 0 atom stereocenters. The summed E-state index contributed by atoms with van der Waals surface area (Å²) in [6.45, 7) is 4.72. The van der Waals surface area contributed by atoms with E-state index in [1.54, 1.807) is 0 Å². The first-order valence-electron chi connectivity index (χ1n) is 19.5. The van der Waals surface area contributed by atoms with Crippen LogP contribution in [0.3, 0.4) is 0 Å². The molecule has 0 saturated heterocycles. The number of benzene rings is 9. The molecular weight excluding hydrogens is 675 g/mol. The minimum Gasteiger partial charge on any atom is -0.310 e. The van der Waals surface area contributed by atoms with Crippen molar-refractivity contribution in [2.75, 3.05) is 4.90 Å². The topological polar surface area (TPSA) is 3.24 Å². The van der Waals surface area contributed by atoms with Crippen LogP contribution < -0.4 is 4.90 Å². The highest BCUT2D eigenvalue weighted by Gasteiger charge is 2.36. The van der Waals surface area contributed by atoms with Gasteiger partial charge in [0.1, 0.15) is 0 Å². The third-order valence-electron chi connectivity index (χ3n) is 11.7. The molecule has 56 heavy (non-hydrogen) atoms. The molecule has 0 heterocycles. The molecule has 1 nitrogen and oxygen atoms in total. The lowest BCUT2D eigenvalue weighted by atomic mass is 9.82. The van der Waals surface area contributed by atoms with E-state index >= 15 is 0 Å². The SMILES string of the molecule is CC1(C)c2ccccc2-c2ccc(N(c3cccc(-c4ccc(-c5ccccc5)cc4)c3)c3ccccc3-c3cccc(-c4cccc5ccccc45)c3)cc21. The van der Waals surface area contributed by atoms with Gasteiger partial charge in [-0.3, -0.25) is 0 Å². The smallest absolute Gasteiger partial charge is 0.0540 e. The van der Waals surface area contributed by atoms with Crippen LogP contribution in [0, 0.1) is 0 Å². The van der Waals surface area contributed by atoms with Gasteiger partial charge in [0.15, 0.2) is 0 Å². The van der Waals surface area contributed by atoms with E-state index in [0.717, 1.165) is 17.1 Å². The maximum atomic E-state index is 2.46. The molecule has 0 N–H and O–H groups in total. The lowest BCUT2D eigenvalue weighted by Crippen LogP contribution is -2.17. The number of rotatable bonds is 7. The van der Waals surface area contributed by atoms with Gasteiger partial charge in [0.2, 0.25) is 0 Å². The van der Waals surface area contributed by atoms with Crippen LogP contribution in [0.25, 0.3) is 66.4 Å². The average Bonchev–Trinajstić information content (AvgIpc) is 3.49. The summed E-state index contributed by atoms with van der Waals surface area (Å²) >= 11 is 0. The van der Waals surface area contributed by atoms with Crippen LogP contribution in [0.5, 0.6) is 0 Å². The second-order valence-electron chi connectivity index (χ2n) is 15.4. The van der Waals surface area contributed by atoms with E-state index in [1.165, 1.54) is 77.5 Å². The Bertz CT molecular complexity index is 2880. The van der Waals surface area contributed by atoms with Crippen LogP contribution in [0.2, 0.25) is 0 Å². The Kier molecular flexibility index (Phi) is 8.23. The molecule has 0 amide bonds. The highest BCUT2D eigenvalue weighted by molar-refractivity contribution is 5.98. The van der Waals surface area contributed by atoms with E-state index in [4.69, 9.17) is 0 Å². The molecule has 0 saturated carbocycles. The van der Waals surface area contributed by atoms with Crippen LogP contribution in [0.4, 0.5) is 17.1 Å². The zero-order valence-corrected chi connectivity index (χ0v) is 31.7. The molecule has 9 aromatic rings. The van der Waals surface area contributed by atoms with Gasteiger partial charge in [-0.1, -0.05) is 190 Å². The normalized spacial score (nSPS) is 12.6. The number of para-hydroxylation sites is 1. The van der Waals surface area contributed by atoms with Crippen molar-refractivity contribution in [1.82, 2.24) is 0 Å². The van der Waals surface area contributed by atoms with E-state index in [-0.39, 0.29) is 5.41 Å². The maximum absolute atomic E-state index is 2.46. The summed E-state index contributed by atoms with van der Waals surface area (Å²) in [5.74, 6) is 0. The Morgan fingerprint density at radius 1 is 0.321 bits per heavy atom. The molecule has 0 unspecified atom stereocenters. The summed E-state index contributed by atoms with van der Waals surface area (Å²) in [5.41, 5.74) is 18.2. The van der Waals surface area contributed by atoms with Crippen molar-refractivity contribution >= 4 is 27.8 Å². The van der Waals surface area contributed by atoms with Crippen LogP contribution in [0.1, 0.15) is 25.0 Å². The van der Waals surface area contributed by atoms with E-state index in [9.17, 15) is 0 Å². The lowest BCUT2D eigenvalue weighted by Gasteiger charge is -2.30. The third-order valence-corrected chi connectivity index (χ3v) is 11.7. The van der Waals surface area contributed by atoms with Gasteiger partial charge < -0.3 is 4.90 Å². The van der Waals surface area contributed by atoms with E-state index in [0.29, 0.717) is 0 Å². The largest absolute Gasteiger partial charge is 0.310 e. The highest BCUT2D eigenvalue weighted by atomic mass is 15.1. The second kappa shape index (κ2) is 13.7. The molecule has 0 spiro atoms. The Labute approximate surface area is 329 Å². The van der Waals surface area contributed by atoms with Gasteiger partial charge in [-0.05, 0) is 108 Å². The van der Waals surface area contributed by atoms with Crippen LogP contribution in [-0.2, 0) is 5.41 Å². The highest BCUT2D eigenvalue weighted by Crippen LogP contribution is 2.51. The zero-order chi connectivity index (χ0) is 37.6.